The Balaban J connectivity index is 0.00000341. The van der Waals surface area contributed by atoms with E-state index in [1.165, 1.54) is 24.3 Å². The molecule has 1 aliphatic rings. The number of benzene rings is 2. The van der Waals surface area contributed by atoms with Gasteiger partial charge in [0.1, 0.15) is 11.6 Å². The molecule has 2 aromatic rings. The van der Waals surface area contributed by atoms with Crippen LogP contribution in [-0.4, -0.2) is 32.9 Å². The van der Waals surface area contributed by atoms with Gasteiger partial charge >= 0.3 is 6.18 Å². The van der Waals surface area contributed by atoms with E-state index in [0.29, 0.717) is 49.8 Å². The number of halogens is 5. The summed E-state index contributed by atoms with van der Waals surface area (Å²) >= 11 is 0. The summed E-state index contributed by atoms with van der Waals surface area (Å²) in [6.07, 6.45) is -3.26. The van der Waals surface area contributed by atoms with Crippen molar-refractivity contribution < 1.29 is 27.0 Å². The Bertz CT molecular complexity index is 889. The molecule has 1 heterocycles. The zero-order valence-corrected chi connectivity index (χ0v) is 19.2. The van der Waals surface area contributed by atoms with Gasteiger partial charge in [0, 0.05) is 25.7 Å². The van der Waals surface area contributed by atoms with E-state index in [4.69, 9.17) is 9.47 Å². The number of nitrogens with zero attached hydrogens (tertiary/aromatic N) is 1. The highest BCUT2D eigenvalue weighted by atomic mass is 127. The molecule has 0 aliphatic carbocycles. The van der Waals surface area contributed by atoms with Gasteiger partial charge in [0.25, 0.3) is 0 Å². The van der Waals surface area contributed by atoms with E-state index in [-0.39, 0.29) is 36.6 Å². The molecule has 0 spiro atoms. The van der Waals surface area contributed by atoms with Gasteiger partial charge in [0.05, 0.1) is 12.2 Å². The van der Waals surface area contributed by atoms with Gasteiger partial charge in [-0.15, -0.1) is 24.0 Å². The van der Waals surface area contributed by atoms with Crippen LogP contribution in [0.3, 0.4) is 0 Å². The van der Waals surface area contributed by atoms with E-state index in [9.17, 15) is 17.6 Å². The maximum Gasteiger partial charge on any atom is 0.416 e. The first-order chi connectivity index (χ1) is 14.4. The second-order valence-corrected chi connectivity index (χ2v) is 6.78. The molecule has 1 aliphatic heterocycles. The fourth-order valence-corrected chi connectivity index (χ4v) is 3.16. The van der Waals surface area contributed by atoms with Crippen LogP contribution in [0, 0.1) is 5.82 Å². The minimum absolute atomic E-state index is 0. The molecule has 10 heteroatoms. The molecule has 0 amide bonds. The van der Waals surface area contributed by atoms with Gasteiger partial charge in [0.2, 0.25) is 0 Å². The summed E-state index contributed by atoms with van der Waals surface area (Å²) in [5, 5.41) is 6.25. The van der Waals surface area contributed by atoms with Gasteiger partial charge in [-0.05, 0) is 48.2 Å². The smallest absolute Gasteiger partial charge is 0.416 e. The Morgan fingerprint density at radius 1 is 1.06 bits per heavy atom. The Kier molecular flexibility index (Phi) is 9.35. The standard InChI is InChI=1S/C21H23F4N3O2.HI/c1-26-20(27-8-6-14-2-4-17(5-3-14)21(23,24)25)28-9-7-15-10-18(22)11-16-12-29-13-30-19(15)16;/h2-5,10-11H,6-9,12-13H2,1H3,(H2,26,27,28);1H. The third-order valence-electron chi connectivity index (χ3n) is 4.65. The van der Waals surface area contributed by atoms with E-state index in [1.807, 2.05) is 0 Å². The molecule has 0 saturated carbocycles. The van der Waals surface area contributed by atoms with Gasteiger partial charge in [-0.3, -0.25) is 4.99 Å². The predicted octanol–water partition coefficient (Wildman–Crippen LogP) is 4.28. The molecule has 0 bridgehead atoms. The van der Waals surface area contributed by atoms with Gasteiger partial charge in [0.15, 0.2) is 12.8 Å². The topological polar surface area (TPSA) is 54.9 Å². The molecule has 170 valence electrons. The predicted molar refractivity (Wildman–Crippen MR) is 120 cm³/mol. The number of hydrogen-bond acceptors (Lipinski definition) is 3. The molecule has 2 aromatic carbocycles. The number of ether oxygens (including phenoxy) is 2. The van der Waals surface area contributed by atoms with Crippen molar-refractivity contribution in [3.05, 3.63) is 64.5 Å². The summed E-state index contributed by atoms with van der Waals surface area (Å²) in [5.74, 6) is 0.878. The molecule has 0 fully saturated rings. The van der Waals surface area contributed by atoms with Crippen molar-refractivity contribution in [2.45, 2.75) is 25.6 Å². The fourth-order valence-electron chi connectivity index (χ4n) is 3.16. The lowest BCUT2D eigenvalue weighted by atomic mass is 10.1. The minimum Gasteiger partial charge on any atom is -0.467 e. The number of alkyl halides is 3. The normalized spacial score (nSPS) is 13.6. The number of guanidine groups is 1. The quantitative estimate of drug-likeness (QED) is 0.243. The third kappa shape index (κ3) is 7.23. The van der Waals surface area contributed by atoms with Gasteiger partial charge < -0.3 is 20.1 Å². The van der Waals surface area contributed by atoms with Crippen molar-refractivity contribution in [1.29, 1.82) is 0 Å². The molecule has 5 nitrogen and oxygen atoms in total. The Morgan fingerprint density at radius 2 is 1.74 bits per heavy atom. The largest absolute Gasteiger partial charge is 0.467 e. The number of rotatable bonds is 6. The lowest BCUT2D eigenvalue weighted by Crippen LogP contribution is -2.39. The Hall–Kier alpha value is -2.08. The van der Waals surface area contributed by atoms with Crippen LogP contribution in [0.4, 0.5) is 17.6 Å². The summed E-state index contributed by atoms with van der Waals surface area (Å²) in [6, 6.07) is 7.96. The van der Waals surface area contributed by atoms with E-state index in [2.05, 4.69) is 15.6 Å². The van der Waals surface area contributed by atoms with Crippen LogP contribution in [0.5, 0.6) is 5.75 Å². The highest BCUT2D eigenvalue weighted by molar-refractivity contribution is 14.0. The van der Waals surface area contributed by atoms with Crippen LogP contribution in [0.15, 0.2) is 41.4 Å². The van der Waals surface area contributed by atoms with E-state index in [1.54, 1.807) is 7.05 Å². The van der Waals surface area contributed by atoms with Crippen LogP contribution in [-0.2, 0) is 30.4 Å². The minimum atomic E-state index is -4.33. The van der Waals surface area contributed by atoms with Gasteiger partial charge in [-0.25, -0.2) is 4.39 Å². The second-order valence-electron chi connectivity index (χ2n) is 6.78. The maximum absolute atomic E-state index is 13.8. The SMILES string of the molecule is CN=C(NCCc1ccc(C(F)(F)F)cc1)NCCc1cc(F)cc2c1OCOC2.I. The molecular weight excluding hydrogens is 529 g/mol. The zero-order valence-electron chi connectivity index (χ0n) is 16.9. The first-order valence-corrected chi connectivity index (χ1v) is 9.49. The summed E-state index contributed by atoms with van der Waals surface area (Å²) < 4.78 is 62.3. The lowest BCUT2D eigenvalue weighted by Gasteiger charge is -2.21. The van der Waals surface area contributed by atoms with Crippen molar-refractivity contribution in [3.63, 3.8) is 0 Å². The number of nitrogens with one attached hydrogen (secondary N) is 2. The van der Waals surface area contributed by atoms with Crippen LogP contribution in [0.25, 0.3) is 0 Å². The molecular formula is C21H24F4IN3O2. The van der Waals surface area contributed by atoms with Crippen LogP contribution >= 0.6 is 24.0 Å². The van der Waals surface area contributed by atoms with Crippen molar-refractivity contribution in [3.8, 4) is 5.75 Å². The summed E-state index contributed by atoms with van der Waals surface area (Å²) in [6.45, 7) is 1.47. The van der Waals surface area contributed by atoms with E-state index >= 15 is 0 Å². The highest BCUT2D eigenvalue weighted by Crippen LogP contribution is 2.30. The van der Waals surface area contributed by atoms with Crippen molar-refractivity contribution in [2.24, 2.45) is 4.99 Å². The van der Waals surface area contributed by atoms with Crippen LogP contribution in [0.1, 0.15) is 22.3 Å². The van der Waals surface area contributed by atoms with Crippen LogP contribution in [0.2, 0.25) is 0 Å². The van der Waals surface area contributed by atoms with Crippen molar-refractivity contribution in [1.82, 2.24) is 10.6 Å². The molecule has 31 heavy (non-hydrogen) atoms. The molecule has 0 aromatic heterocycles. The average Bonchev–Trinajstić information content (AvgIpc) is 2.72. The van der Waals surface area contributed by atoms with Gasteiger partial charge in [-0.2, -0.15) is 13.2 Å². The number of fused-ring (bicyclic) bond motifs is 1. The lowest BCUT2D eigenvalue weighted by molar-refractivity contribution is -0.137. The van der Waals surface area contributed by atoms with E-state index < -0.39 is 11.7 Å². The first kappa shape index (κ1) is 25.2. The molecule has 3 rings (SSSR count). The summed E-state index contributed by atoms with van der Waals surface area (Å²) in [4.78, 5) is 4.12. The summed E-state index contributed by atoms with van der Waals surface area (Å²) in [7, 11) is 1.62. The average molecular weight is 553 g/mol. The molecule has 0 saturated heterocycles. The summed E-state index contributed by atoms with van der Waals surface area (Å²) in [5.41, 5.74) is 1.57. The number of hydrogen-bond donors (Lipinski definition) is 2. The third-order valence-corrected chi connectivity index (χ3v) is 4.65. The maximum atomic E-state index is 13.8. The second kappa shape index (κ2) is 11.5. The molecule has 2 N–H and O–H groups in total. The van der Waals surface area contributed by atoms with Crippen molar-refractivity contribution in [2.75, 3.05) is 26.9 Å². The van der Waals surface area contributed by atoms with E-state index in [0.717, 1.165) is 23.3 Å². The first-order valence-electron chi connectivity index (χ1n) is 9.49. The Morgan fingerprint density at radius 3 is 2.39 bits per heavy atom. The van der Waals surface area contributed by atoms with Crippen molar-refractivity contribution >= 4 is 29.9 Å². The molecule has 0 atom stereocenters. The molecule has 0 radical (unpaired) electrons. The zero-order chi connectivity index (χ0) is 21.6. The fraction of sp³-hybridized carbons (Fsp3) is 0.381. The highest BCUT2D eigenvalue weighted by Gasteiger charge is 2.29. The molecule has 0 unspecified atom stereocenters. The number of aliphatic imine (C=N–C) groups is 1. The van der Waals surface area contributed by atoms with Gasteiger partial charge in [-0.1, -0.05) is 12.1 Å². The monoisotopic (exact) mass is 553 g/mol. The Labute approximate surface area is 195 Å². The van der Waals surface area contributed by atoms with Crippen LogP contribution < -0.4 is 15.4 Å².